The minimum absolute atomic E-state index is 0.125. The molecule has 8 nitrogen and oxygen atoms in total. The number of methoxy groups -OCH3 is 1. The van der Waals surface area contributed by atoms with Crippen LogP contribution in [-0.4, -0.2) is 78.7 Å². The Morgan fingerprint density at radius 2 is 1.67 bits per heavy atom. The van der Waals surface area contributed by atoms with E-state index in [-0.39, 0.29) is 17.9 Å². The van der Waals surface area contributed by atoms with Crippen molar-refractivity contribution in [3.63, 3.8) is 0 Å². The Bertz CT molecular complexity index is 506. The van der Waals surface area contributed by atoms with Crippen LogP contribution in [0.3, 0.4) is 0 Å². The van der Waals surface area contributed by atoms with Gasteiger partial charge in [0.15, 0.2) is 6.10 Å². The molecule has 0 aromatic heterocycles. The van der Waals surface area contributed by atoms with E-state index in [2.05, 4.69) is 4.74 Å². The van der Waals surface area contributed by atoms with Gasteiger partial charge in [-0.25, -0.2) is 14.7 Å². The maximum Gasteiger partial charge on any atom is 0.343 e. The number of esters is 1. The maximum atomic E-state index is 12.6. The number of hydroxylamine groups is 2. The number of nitrogens with zero attached hydrogens (tertiary/aromatic N) is 3. The molecule has 3 heterocycles. The highest BCUT2D eigenvalue weighted by atomic mass is 16.7. The Hall–Kier alpha value is -1.83. The number of likely N-dealkylation sites (tertiary alicyclic amines) is 2. The van der Waals surface area contributed by atoms with E-state index in [9.17, 15) is 14.4 Å². The third-order valence-corrected chi connectivity index (χ3v) is 4.99. The number of rotatable bonds is 2. The normalized spacial score (nSPS) is 27.5. The Morgan fingerprint density at radius 1 is 0.958 bits per heavy atom. The summed E-state index contributed by atoms with van der Waals surface area (Å²) in [6.07, 6.45) is 3.48. The molecular weight excluding hydrogens is 314 g/mol. The van der Waals surface area contributed by atoms with Crippen molar-refractivity contribution in [1.82, 2.24) is 14.9 Å². The summed E-state index contributed by atoms with van der Waals surface area (Å²) in [5.74, 6) is -0.425. The van der Waals surface area contributed by atoms with Crippen LogP contribution < -0.4 is 0 Å². The predicted molar refractivity (Wildman–Crippen MR) is 83.7 cm³/mol. The average Bonchev–Trinajstić information content (AvgIpc) is 3.31. The fraction of sp³-hybridized carbons (Fsp3) is 0.812. The molecule has 0 radical (unpaired) electrons. The van der Waals surface area contributed by atoms with Gasteiger partial charge in [-0.05, 0) is 25.7 Å². The Labute approximate surface area is 141 Å². The predicted octanol–water partition coefficient (Wildman–Crippen LogP) is 0.620. The molecule has 0 N–H and O–H groups in total. The number of hydrogen-bond acceptors (Lipinski definition) is 5. The molecule has 3 fully saturated rings. The molecule has 134 valence electrons. The number of amides is 3. The van der Waals surface area contributed by atoms with Crippen LogP contribution in [0, 0.1) is 5.92 Å². The number of hydrogen-bond donors (Lipinski definition) is 0. The van der Waals surface area contributed by atoms with Crippen LogP contribution in [0.4, 0.5) is 4.79 Å². The van der Waals surface area contributed by atoms with Gasteiger partial charge in [0, 0.05) is 32.6 Å². The van der Waals surface area contributed by atoms with E-state index in [0.29, 0.717) is 26.1 Å². The molecule has 2 unspecified atom stereocenters. The van der Waals surface area contributed by atoms with Gasteiger partial charge in [-0.3, -0.25) is 9.63 Å². The number of piperidine rings is 1. The smallest absolute Gasteiger partial charge is 0.343 e. The zero-order valence-electron chi connectivity index (χ0n) is 14.1. The van der Waals surface area contributed by atoms with Gasteiger partial charge in [-0.2, -0.15) is 0 Å². The van der Waals surface area contributed by atoms with Crippen LogP contribution in [0.1, 0.15) is 32.1 Å². The van der Waals surface area contributed by atoms with Crippen molar-refractivity contribution in [1.29, 1.82) is 0 Å². The average molecular weight is 339 g/mol. The van der Waals surface area contributed by atoms with E-state index in [0.717, 1.165) is 38.8 Å². The highest BCUT2D eigenvalue weighted by molar-refractivity contribution is 5.81. The monoisotopic (exact) mass is 339 g/mol. The molecule has 3 rings (SSSR count). The van der Waals surface area contributed by atoms with Gasteiger partial charge in [0.25, 0.3) is 0 Å². The van der Waals surface area contributed by atoms with Crippen LogP contribution in [0.25, 0.3) is 0 Å². The van der Waals surface area contributed by atoms with Gasteiger partial charge in [0.05, 0.1) is 19.6 Å². The number of carbonyl (C=O) groups is 3. The Kier molecular flexibility index (Phi) is 5.23. The molecule has 0 aliphatic carbocycles. The zero-order chi connectivity index (χ0) is 17.1. The molecule has 3 saturated heterocycles. The molecule has 8 heteroatoms. The molecule has 0 aromatic carbocycles. The van der Waals surface area contributed by atoms with Gasteiger partial charge in [-0.15, -0.1) is 0 Å². The quantitative estimate of drug-likeness (QED) is 0.689. The van der Waals surface area contributed by atoms with Crippen molar-refractivity contribution < 1.29 is 24.0 Å². The first-order valence-corrected chi connectivity index (χ1v) is 8.70. The lowest BCUT2D eigenvalue weighted by Crippen LogP contribution is -2.50. The minimum atomic E-state index is -0.717. The molecule has 3 aliphatic heterocycles. The van der Waals surface area contributed by atoms with Crippen LogP contribution >= 0.6 is 0 Å². The van der Waals surface area contributed by atoms with Crippen molar-refractivity contribution in [3.8, 4) is 0 Å². The van der Waals surface area contributed by atoms with Crippen molar-refractivity contribution in [2.24, 2.45) is 5.92 Å². The molecule has 0 spiro atoms. The van der Waals surface area contributed by atoms with E-state index < -0.39 is 12.1 Å². The van der Waals surface area contributed by atoms with Crippen LogP contribution in [0.2, 0.25) is 0 Å². The topological polar surface area (TPSA) is 79.4 Å². The number of carbonyl (C=O) groups excluding carboxylic acids is 3. The number of urea groups is 1. The van der Waals surface area contributed by atoms with E-state index in [1.165, 1.54) is 12.2 Å². The third kappa shape index (κ3) is 3.48. The van der Waals surface area contributed by atoms with Crippen molar-refractivity contribution in [2.75, 3.05) is 39.8 Å². The molecular formula is C16H25N3O5. The lowest BCUT2D eigenvalue weighted by molar-refractivity contribution is -0.170. The minimum Gasteiger partial charge on any atom is -0.467 e. The molecule has 2 atom stereocenters. The summed E-state index contributed by atoms with van der Waals surface area (Å²) in [6.45, 7) is 3.07. The Balaban J connectivity index is 1.55. The van der Waals surface area contributed by atoms with Crippen LogP contribution in [-0.2, 0) is 19.2 Å². The first-order valence-electron chi connectivity index (χ1n) is 8.70. The third-order valence-electron chi connectivity index (χ3n) is 4.99. The van der Waals surface area contributed by atoms with Crippen molar-refractivity contribution in [2.45, 2.75) is 38.2 Å². The zero-order valence-corrected chi connectivity index (χ0v) is 14.1. The summed E-state index contributed by atoms with van der Waals surface area (Å²) in [5.41, 5.74) is 0. The lowest BCUT2D eigenvalue weighted by Gasteiger charge is -2.35. The molecule has 24 heavy (non-hydrogen) atoms. The van der Waals surface area contributed by atoms with E-state index in [1.54, 1.807) is 4.90 Å². The fourth-order valence-electron chi connectivity index (χ4n) is 3.63. The fourth-order valence-corrected chi connectivity index (χ4v) is 3.63. The molecule has 3 amide bonds. The van der Waals surface area contributed by atoms with E-state index in [4.69, 9.17) is 4.84 Å². The van der Waals surface area contributed by atoms with E-state index >= 15 is 0 Å². The first-order chi connectivity index (χ1) is 11.6. The standard InChI is InChI=1S/C16H25N3O5/c1-23-15(21)13-6-10-19(24-13)16(22)18-9-4-5-12(11-18)14(20)17-7-2-3-8-17/h12-13H,2-11H2,1H3. The maximum absolute atomic E-state index is 12.6. The number of ether oxygens (including phenoxy) is 1. The van der Waals surface area contributed by atoms with Gasteiger partial charge < -0.3 is 14.5 Å². The lowest BCUT2D eigenvalue weighted by atomic mass is 9.97. The summed E-state index contributed by atoms with van der Waals surface area (Å²) < 4.78 is 4.65. The van der Waals surface area contributed by atoms with Gasteiger partial charge >= 0.3 is 12.0 Å². The summed E-state index contributed by atoms with van der Waals surface area (Å²) in [5, 5.41) is 1.23. The summed E-state index contributed by atoms with van der Waals surface area (Å²) in [6, 6.07) is -0.264. The van der Waals surface area contributed by atoms with Crippen molar-refractivity contribution >= 4 is 17.9 Å². The Morgan fingerprint density at radius 3 is 2.38 bits per heavy atom. The van der Waals surface area contributed by atoms with Crippen molar-refractivity contribution in [3.05, 3.63) is 0 Å². The largest absolute Gasteiger partial charge is 0.467 e. The second-order valence-corrected chi connectivity index (χ2v) is 6.61. The summed E-state index contributed by atoms with van der Waals surface area (Å²) in [7, 11) is 1.30. The first kappa shape index (κ1) is 17.0. The molecule has 0 saturated carbocycles. The highest BCUT2D eigenvalue weighted by Crippen LogP contribution is 2.24. The SMILES string of the molecule is COC(=O)C1CCN(C(=O)N2CCCC(C(=O)N3CCCC3)C2)O1. The van der Waals surface area contributed by atoms with Gasteiger partial charge in [0.1, 0.15) is 0 Å². The molecule has 0 aromatic rings. The second-order valence-electron chi connectivity index (χ2n) is 6.61. The summed E-state index contributed by atoms with van der Waals surface area (Å²) >= 11 is 0. The van der Waals surface area contributed by atoms with Crippen LogP contribution in [0.5, 0.6) is 0 Å². The highest BCUT2D eigenvalue weighted by Gasteiger charge is 2.38. The van der Waals surface area contributed by atoms with Gasteiger partial charge in [-0.1, -0.05) is 0 Å². The molecule has 0 bridgehead atoms. The summed E-state index contributed by atoms with van der Waals surface area (Å²) in [4.78, 5) is 45.6. The van der Waals surface area contributed by atoms with Crippen LogP contribution in [0.15, 0.2) is 0 Å². The second kappa shape index (κ2) is 7.38. The molecule has 3 aliphatic rings. The van der Waals surface area contributed by atoms with Gasteiger partial charge in [0.2, 0.25) is 5.91 Å². The van der Waals surface area contributed by atoms with E-state index in [1.807, 2.05) is 4.90 Å².